The number of fused-ring (bicyclic) bond motifs is 2. The number of aromatic nitrogens is 3. The molecule has 1 N–H and O–H groups in total. The van der Waals surface area contributed by atoms with Crippen molar-refractivity contribution in [2.45, 2.75) is 58.9 Å². The Labute approximate surface area is 153 Å². The maximum absolute atomic E-state index is 12.5. The van der Waals surface area contributed by atoms with Crippen molar-refractivity contribution in [3.05, 3.63) is 30.4 Å². The molecule has 0 saturated heterocycles. The summed E-state index contributed by atoms with van der Waals surface area (Å²) >= 11 is 0. The van der Waals surface area contributed by atoms with Crippen LogP contribution < -0.4 is 5.32 Å². The van der Waals surface area contributed by atoms with E-state index in [1.54, 1.807) is 12.4 Å². The van der Waals surface area contributed by atoms with Crippen molar-refractivity contribution in [3.8, 4) is 11.4 Å². The highest BCUT2D eigenvalue weighted by Gasteiger charge is 2.61. The highest BCUT2D eigenvalue weighted by atomic mass is 16.5. The lowest BCUT2D eigenvalue weighted by atomic mass is 9.69. The zero-order chi connectivity index (χ0) is 18.4. The average Bonchev–Trinajstić information content (AvgIpc) is 3.24. The number of carbonyl (C=O) groups excluding carboxylic acids is 1. The summed E-state index contributed by atoms with van der Waals surface area (Å²) in [5, 5.41) is 7.25. The molecule has 2 heterocycles. The zero-order valence-electron chi connectivity index (χ0n) is 15.7. The number of carbonyl (C=O) groups is 1. The molecule has 2 bridgehead atoms. The highest BCUT2D eigenvalue weighted by molar-refractivity contribution is 5.76. The van der Waals surface area contributed by atoms with Crippen molar-refractivity contribution in [1.82, 2.24) is 20.4 Å². The summed E-state index contributed by atoms with van der Waals surface area (Å²) in [4.78, 5) is 20.9. The standard InChI is InChI=1S/C20H26N4O2/c1-19(2)14-8-9-20(19,3)15(11-14)22-16(25)6-7-17-23-18(24-26-17)13-5-4-10-21-12-13/h4-5,10,12,14-15H,6-9,11H2,1-3H3,(H,22,25). The van der Waals surface area contributed by atoms with E-state index in [1.165, 1.54) is 12.8 Å². The molecule has 0 aliphatic heterocycles. The van der Waals surface area contributed by atoms with Crippen LogP contribution in [0.25, 0.3) is 11.4 Å². The Balaban J connectivity index is 1.34. The molecule has 2 fully saturated rings. The number of amides is 1. The largest absolute Gasteiger partial charge is 0.353 e. The van der Waals surface area contributed by atoms with Crippen LogP contribution in [0, 0.1) is 16.7 Å². The lowest BCUT2D eigenvalue weighted by molar-refractivity contribution is -0.122. The van der Waals surface area contributed by atoms with Gasteiger partial charge in [-0.05, 0) is 48.1 Å². The molecule has 0 spiro atoms. The second kappa shape index (κ2) is 6.18. The Morgan fingerprint density at radius 3 is 2.88 bits per heavy atom. The first kappa shape index (κ1) is 17.2. The molecule has 6 heteroatoms. The van der Waals surface area contributed by atoms with E-state index in [-0.39, 0.29) is 17.4 Å². The maximum Gasteiger partial charge on any atom is 0.227 e. The number of aryl methyl sites for hydroxylation is 1. The molecule has 3 atom stereocenters. The van der Waals surface area contributed by atoms with E-state index >= 15 is 0 Å². The Hall–Kier alpha value is -2.24. The van der Waals surface area contributed by atoms with E-state index < -0.39 is 0 Å². The molecular formula is C20H26N4O2. The van der Waals surface area contributed by atoms with Gasteiger partial charge in [-0.2, -0.15) is 4.98 Å². The lowest BCUT2D eigenvalue weighted by Gasteiger charge is -2.39. The molecule has 3 unspecified atom stereocenters. The van der Waals surface area contributed by atoms with Crippen molar-refractivity contribution < 1.29 is 9.32 Å². The van der Waals surface area contributed by atoms with Crippen molar-refractivity contribution in [2.75, 3.05) is 0 Å². The van der Waals surface area contributed by atoms with E-state index in [0.29, 0.717) is 30.0 Å². The van der Waals surface area contributed by atoms with Crippen molar-refractivity contribution in [3.63, 3.8) is 0 Å². The lowest BCUT2D eigenvalue weighted by Crippen LogP contribution is -2.46. The second-order valence-corrected chi connectivity index (χ2v) is 8.48. The summed E-state index contributed by atoms with van der Waals surface area (Å²) in [5.41, 5.74) is 1.31. The van der Waals surface area contributed by atoms with E-state index in [4.69, 9.17) is 4.52 Å². The van der Waals surface area contributed by atoms with Crippen LogP contribution in [0.4, 0.5) is 0 Å². The molecule has 0 aromatic carbocycles. The van der Waals surface area contributed by atoms with Crippen LogP contribution in [-0.2, 0) is 11.2 Å². The number of nitrogens with zero attached hydrogens (tertiary/aromatic N) is 3. The van der Waals surface area contributed by atoms with Gasteiger partial charge in [-0.1, -0.05) is 25.9 Å². The van der Waals surface area contributed by atoms with Crippen molar-refractivity contribution >= 4 is 5.91 Å². The third-order valence-corrected chi connectivity index (χ3v) is 7.08. The summed E-state index contributed by atoms with van der Waals surface area (Å²) in [6.07, 6.45) is 7.80. The van der Waals surface area contributed by atoms with Gasteiger partial charge in [-0.25, -0.2) is 0 Å². The summed E-state index contributed by atoms with van der Waals surface area (Å²) < 4.78 is 5.27. The van der Waals surface area contributed by atoms with E-state index in [2.05, 4.69) is 41.2 Å². The molecule has 6 nitrogen and oxygen atoms in total. The minimum absolute atomic E-state index is 0.0701. The predicted molar refractivity (Wildman–Crippen MR) is 97.0 cm³/mol. The monoisotopic (exact) mass is 354 g/mol. The summed E-state index contributed by atoms with van der Waals surface area (Å²) in [5.74, 6) is 1.78. The molecule has 2 aromatic heterocycles. The summed E-state index contributed by atoms with van der Waals surface area (Å²) in [6.45, 7) is 7.05. The molecule has 138 valence electrons. The second-order valence-electron chi connectivity index (χ2n) is 8.48. The van der Waals surface area contributed by atoms with Gasteiger partial charge in [0.05, 0.1) is 0 Å². The van der Waals surface area contributed by atoms with Crippen LogP contribution in [-0.4, -0.2) is 27.1 Å². The Bertz CT molecular complexity index is 801. The Morgan fingerprint density at radius 1 is 1.38 bits per heavy atom. The van der Waals surface area contributed by atoms with Gasteiger partial charge in [0.2, 0.25) is 17.6 Å². The third-order valence-electron chi connectivity index (χ3n) is 7.08. The van der Waals surface area contributed by atoms with Crippen LogP contribution in [0.15, 0.2) is 29.0 Å². The van der Waals surface area contributed by atoms with E-state index in [1.807, 2.05) is 12.1 Å². The molecule has 4 rings (SSSR count). The number of pyridine rings is 1. The van der Waals surface area contributed by atoms with Gasteiger partial charge in [-0.3, -0.25) is 9.78 Å². The Morgan fingerprint density at radius 2 is 2.23 bits per heavy atom. The fourth-order valence-electron chi connectivity index (χ4n) is 4.88. The van der Waals surface area contributed by atoms with Crippen LogP contribution in [0.1, 0.15) is 52.3 Å². The molecule has 2 aromatic rings. The quantitative estimate of drug-likeness (QED) is 0.890. The molecule has 1 amide bonds. The fraction of sp³-hybridized carbons (Fsp3) is 0.600. The number of nitrogens with one attached hydrogen (secondary N) is 1. The van der Waals surface area contributed by atoms with Crippen molar-refractivity contribution in [2.24, 2.45) is 16.7 Å². The Kier molecular flexibility index (Phi) is 4.09. The zero-order valence-corrected chi connectivity index (χ0v) is 15.7. The SMILES string of the molecule is CC1(C)C2CCC1(C)C(NC(=O)CCc1nc(-c3cccnc3)no1)C2. The van der Waals surface area contributed by atoms with Gasteiger partial charge in [0, 0.05) is 36.8 Å². The molecule has 2 aliphatic carbocycles. The fourth-order valence-corrected chi connectivity index (χ4v) is 4.88. The summed E-state index contributed by atoms with van der Waals surface area (Å²) in [6, 6.07) is 3.99. The van der Waals surface area contributed by atoms with Gasteiger partial charge in [-0.15, -0.1) is 0 Å². The normalized spacial score (nSPS) is 29.0. The first-order chi connectivity index (χ1) is 12.4. The minimum Gasteiger partial charge on any atom is -0.353 e. The number of hydrogen-bond donors (Lipinski definition) is 1. The minimum atomic E-state index is 0.0701. The van der Waals surface area contributed by atoms with Gasteiger partial charge < -0.3 is 9.84 Å². The summed E-state index contributed by atoms with van der Waals surface area (Å²) in [7, 11) is 0. The van der Waals surface area contributed by atoms with Gasteiger partial charge in [0.15, 0.2) is 0 Å². The first-order valence-electron chi connectivity index (χ1n) is 9.42. The number of hydrogen-bond acceptors (Lipinski definition) is 5. The molecule has 26 heavy (non-hydrogen) atoms. The van der Waals surface area contributed by atoms with Crippen LogP contribution in [0.5, 0.6) is 0 Å². The molecular weight excluding hydrogens is 328 g/mol. The van der Waals surface area contributed by atoms with Gasteiger partial charge in [0.25, 0.3) is 0 Å². The topological polar surface area (TPSA) is 80.9 Å². The van der Waals surface area contributed by atoms with Crippen LogP contribution >= 0.6 is 0 Å². The smallest absolute Gasteiger partial charge is 0.227 e. The van der Waals surface area contributed by atoms with E-state index in [0.717, 1.165) is 17.9 Å². The highest BCUT2D eigenvalue weighted by Crippen LogP contribution is 2.65. The predicted octanol–water partition coefficient (Wildman–Crippen LogP) is 3.40. The van der Waals surface area contributed by atoms with Crippen molar-refractivity contribution in [1.29, 1.82) is 0 Å². The molecule has 2 aliphatic rings. The van der Waals surface area contributed by atoms with Gasteiger partial charge >= 0.3 is 0 Å². The van der Waals surface area contributed by atoms with E-state index in [9.17, 15) is 4.79 Å². The van der Waals surface area contributed by atoms with Crippen LogP contribution in [0.2, 0.25) is 0 Å². The maximum atomic E-state index is 12.5. The third kappa shape index (κ3) is 2.72. The van der Waals surface area contributed by atoms with Crippen LogP contribution in [0.3, 0.4) is 0 Å². The number of rotatable bonds is 5. The average molecular weight is 354 g/mol. The first-order valence-corrected chi connectivity index (χ1v) is 9.42. The molecule has 0 radical (unpaired) electrons. The molecule has 2 saturated carbocycles. The van der Waals surface area contributed by atoms with Gasteiger partial charge in [0.1, 0.15) is 0 Å².